The van der Waals surface area contributed by atoms with Gasteiger partial charge in [0, 0.05) is 22.1 Å². The number of carbonyl (C=O) groups is 1. The van der Waals surface area contributed by atoms with Crippen LogP contribution in [0.3, 0.4) is 0 Å². The normalized spacial score (nSPS) is 10.6. The van der Waals surface area contributed by atoms with E-state index >= 15 is 0 Å². The molecule has 2 N–H and O–H groups in total. The van der Waals surface area contributed by atoms with E-state index in [0.717, 1.165) is 0 Å². The number of hydrogen-bond donors (Lipinski definition) is 1. The molecule has 0 unspecified atom stereocenters. The zero-order chi connectivity index (χ0) is 17.3. The number of methoxy groups -OCH3 is 1. The minimum absolute atomic E-state index is 0.271. The van der Waals surface area contributed by atoms with E-state index in [1.165, 1.54) is 30.6 Å². The minimum atomic E-state index is -0.552. The molecule has 0 radical (unpaired) electrons. The number of thiazole rings is 1. The molecule has 0 spiro atoms. The number of carbonyl (C=O) groups excluding carboxylic acids is 1. The van der Waals surface area contributed by atoms with Gasteiger partial charge in [-0.2, -0.15) is 0 Å². The van der Waals surface area contributed by atoms with Crippen molar-refractivity contribution < 1.29 is 13.9 Å². The van der Waals surface area contributed by atoms with Gasteiger partial charge in [0.2, 0.25) is 5.91 Å². The minimum Gasteiger partial charge on any atom is -0.497 e. The molecule has 0 saturated heterocycles. The van der Waals surface area contributed by atoms with Crippen LogP contribution in [0.4, 0.5) is 4.39 Å². The lowest BCUT2D eigenvalue weighted by molar-refractivity contribution is 0.100. The van der Waals surface area contributed by atoms with Crippen molar-refractivity contribution in [1.29, 1.82) is 0 Å². The van der Waals surface area contributed by atoms with Crippen molar-refractivity contribution in [2.45, 2.75) is 0 Å². The van der Waals surface area contributed by atoms with E-state index in [0.29, 0.717) is 33.1 Å². The number of aromatic nitrogens is 1. The molecule has 4 nitrogen and oxygen atoms in total. The van der Waals surface area contributed by atoms with Gasteiger partial charge < -0.3 is 10.5 Å². The van der Waals surface area contributed by atoms with E-state index in [1.807, 2.05) is 0 Å². The fraction of sp³-hybridized carbons (Fsp3) is 0.0588. The molecule has 0 bridgehead atoms. The van der Waals surface area contributed by atoms with E-state index in [-0.39, 0.29) is 5.02 Å². The van der Waals surface area contributed by atoms with Crippen molar-refractivity contribution in [1.82, 2.24) is 4.98 Å². The van der Waals surface area contributed by atoms with Gasteiger partial charge in [0.25, 0.3) is 0 Å². The van der Waals surface area contributed by atoms with Crippen LogP contribution in [0.5, 0.6) is 5.75 Å². The van der Waals surface area contributed by atoms with E-state index in [4.69, 9.17) is 22.1 Å². The molecular formula is C17H12ClFN2O2S. The molecule has 0 fully saturated rings. The molecule has 0 aliphatic carbocycles. The van der Waals surface area contributed by atoms with Gasteiger partial charge in [-0.15, -0.1) is 11.3 Å². The van der Waals surface area contributed by atoms with E-state index < -0.39 is 11.7 Å². The average molecular weight is 363 g/mol. The summed E-state index contributed by atoms with van der Waals surface area (Å²) in [5, 5.41) is 2.66. The fourth-order valence-electron chi connectivity index (χ4n) is 2.26. The van der Waals surface area contributed by atoms with E-state index in [9.17, 15) is 9.18 Å². The smallest absolute Gasteiger partial charge is 0.249 e. The van der Waals surface area contributed by atoms with Crippen LogP contribution >= 0.6 is 22.9 Å². The molecule has 1 heterocycles. The second-order valence-corrected chi connectivity index (χ2v) is 6.20. The standard InChI is InChI=1S/C17H12ClFN2O2S/c1-23-10-3-5-11(16(20)22)13(7-10)17-21-15(8-24-17)12-4-2-9(19)6-14(12)18/h2-8H,1H3,(H2,20,22). The number of primary amides is 1. The van der Waals surface area contributed by atoms with Crippen molar-refractivity contribution in [2.75, 3.05) is 7.11 Å². The van der Waals surface area contributed by atoms with Crippen LogP contribution in [0.25, 0.3) is 21.8 Å². The Balaban J connectivity index is 2.09. The molecule has 7 heteroatoms. The molecule has 0 atom stereocenters. The Morgan fingerprint density at radius 1 is 1.25 bits per heavy atom. The lowest BCUT2D eigenvalue weighted by Crippen LogP contribution is -2.12. The molecule has 24 heavy (non-hydrogen) atoms. The van der Waals surface area contributed by atoms with Gasteiger partial charge in [0.15, 0.2) is 0 Å². The van der Waals surface area contributed by atoms with Crippen molar-refractivity contribution >= 4 is 28.8 Å². The Morgan fingerprint density at radius 3 is 2.71 bits per heavy atom. The Bertz CT molecular complexity index is 927. The maximum atomic E-state index is 13.2. The van der Waals surface area contributed by atoms with Crippen molar-refractivity contribution in [2.24, 2.45) is 5.73 Å². The van der Waals surface area contributed by atoms with Gasteiger partial charge in [-0.25, -0.2) is 9.37 Å². The van der Waals surface area contributed by atoms with Crippen molar-refractivity contribution in [3.63, 3.8) is 0 Å². The second kappa shape index (κ2) is 6.59. The number of rotatable bonds is 4. The monoisotopic (exact) mass is 362 g/mol. The largest absolute Gasteiger partial charge is 0.497 e. The molecule has 3 aromatic rings. The molecule has 122 valence electrons. The topological polar surface area (TPSA) is 65.2 Å². The van der Waals surface area contributed by atoms with Crippen LogP contribution in [0, 0.1) is 5.82 Å². The quantitative estimate of drug-likeness (QED) is 0.749. The number of benzene rings is 2. The maximum Gasteiger partial charge on any atom is 0.249 e. The molecule has 0 aliphatic rings. The van der Waals surface area contributed by atoms with Gasteiger partial charge in [-0.05, 0) is 36.4 Å². The predicted octanol–water partition coefficient (Wildman–Crippen LogP) is 4.38. The van der Waals surface area contributed by atoms with Crippen LogP contribution < -0.4 is 10.5 Å². The van der Waals surface area contributed by atoms with Crippen molar-refractivity contribution in [3.05, 3.63) is 58.2 Å². The number of ether oxygens (including phenoxy) is 1. The molecule has 0 saturated carbocycles. The molecule has 1 amide bonds. The zero-order valence-electron chi connectivity index (χ0n) is 12.5. The molecule has 1 aromatic heterocycles. The first kappa shape index (κ1) is 16.4. The van der Waals surface area contributed by atoms with Gasteiger partial charge in [-0.3, -0.25) is 4.79 Å². The second-order valence-electron chi connectivity index (χ2n) is 4.94. The average Bonchev–Trinajstić information content (AvgIpc) is 3.03. The summed E-state index contributed by atoms with van der Waals surface area (Å²) < 4.78 is 18.4. The van der Waals surface area contributed by atoms with Crippen LogP contribution in [-0.2, 0) is 0 Å². The van der Waals surface area contributed by atoms with Gasteiger partial charge in [0.1, 0.15) is 16.6 Å². The summed E-state index contributed by atoms with van der Waals surface area (Å²) in [4.78, 5) is 16.2. The first-order valence-electron chi connectivity index (χ1n) is 6.88. The van der Waals surface area contributed by atoms with Gasteiger partial charge in [-0.1, -0.05) is 11.6 Å². The number of hydrogen-bond acceptors (Lipinski definition) is 4. The first-order chi connectivity index (χ1) is 11.5. The number of amides is 1. The molecular weight excluding hydrogens is 351 g/mol. The summed E-state index contributed by atoms with van der Waals surface area (Å²) in [7, 11) is 1.54. The zero-order valence-corrected chi connectivity index (χ0v) is 14.1. The first-order valence-corrected chi connectivity index (χ1v) is 8.14. The van der Waals surface area contributed by atoms with E-state index in [2.05, 4.69) is 4.98 Å². The predicted molar refractivity (Wildman–Crippen MR) is 93.0 cm³/mol. The summed E-state index contributed by atoms with van der Waals surface area (Å²) in [6.07, 6.45) is 0. The van der Waals surface area contributed by atoms with E-state index in [1.54, 1.807) is 29.6 Å². The fourth-order valence-corrected chi connectivity index (χ4v) is 3.37. The molecule has 2 aromatic carbocycles. The van der Waals surface area contributed by atoms with Crippen LogP contribution in [0.15, 0.2) is 41.8 Å². The summed E-state index contributed by atoms with van der Waals surface area (Å²) in [5.74, 6) is -0.376. The SMILES string of the molecule is COc1ccc(C(N)=O)c(-c2nc(-c3ccc(F)cc3Cl)cs2)c1. The Morgan fingerprint density at radius 2 is 2.04 bits per heavy atom. The third-order valence-corrected chi connectivity index (χ3v) is 4.62. The Hall–Kier alpha value is -2.44. The lowest BCUT2D eigenvalue weighted by atomic mass is 10.1. The third kappa shape index (κ3) is 3.11. The Kier molecular flexibility index (Phi) is 4.51. The highest BCUT2D eigenvalue weighted by Gasteiger charge is 2.16. The lowest BCUT2D eigenvalue weighted by Gasteiger charge is -2.07. The van der Waals surface area contributed by atoms with Crippen LogP contribution in [0.1, 0.15) is 10.4 Å². The number of nitrogens with zero attached hydrogens (tertiary/aromatic N) is 1. The highest BCUT2D eigenvalue weighted by atomic mass is 35.5. The van der Waals surface area contributed by atoms with Crippen LogP contribution in [0.2, 0.25) is 5.02 Å². The van der Waals surface area contributed by atoms with Crippen molar-refractivity contribution in [3.8, 4) is 27.6 Å². The van der Waals surface area contributed by atoms with Crippen LogP contribution in [-0.4, -0.2) is 18.0 Å². The summed E-state index contributed by atoms with van der Waals surface area (Å²) in [6, 6.07) is 9.08. The number of halogens is 2. The highest BCUT2D eigenvalue weighted by molar-refractivity contribution is 7.13. The molecule has 0 aliphatic heterocycles. The maximum absolute atomic E-state index is 13.2. The third-order valence-electron chi connectivity index (χ3n) is 3.43. The van der Waals surface area contributed by atoms with Gasteiger partial charge >= 0.3 is 0 Å². The summed E-state index contributed by atoms with van der Waals surface area (Å²) >= 11 is 7.41. The van der Waals surface area contributed by atoms with Gasteiger partial charge in [0.05, 0.1) is 17.8 Å². The summed E-state index contributed by atoms with van der Waals surface area (Å²) in [5.41, 5.74) is 7.58. The summed E-state index contributed by atoms with van der Waals surface area (Å²) in [6.45, 7) is 0. The molecule has 3 rings (SSSR count). The number of nitrogens with two attached hydrogens (primary N) is 1. The Labute approximate surface area is 146 Å². The highest BCUT2D eigenvalue weighted by Crippen LogP contribution is 2.35.